The largest absolute Gasteiger partial charge is 0.473 e. The van der Waals surface area contributed by atoms with E-state index in [-0.39, 0.29) is 19.4 Å². The van der Waals surface area contributed by atoms with Crippen molar-refractivity contribution in [2.75, 3.05) is 26.9 Å². The molecule has 2 amide bonds. The van der Waals surface area contributed by atoms with Crippen LogP contribution < -0.4 is 10.1 Å². The van der Waals surface area contributed by atoms with Gasteiger partial charge in [0.05, 0.1) is 6.61 Å². The number of aliphatic hydroxyl groups is 1. The Hall–Kier alpha value is -1.75. The van der Waals surface area contributed by atoms with E-state index in [2.05, 4.69) is 5.32 Å². The van der Waals surface area contributed by atoms with Crippen LogP contribution in [0.1, 0.15) is 0 Å². The van der Waals surface area contributed by atoms with E-state index in [1.807, 2.05) is 30.3 Å². The Morgan fingerprint density at radius 3 is 2.75 bits per heavy atom. The molecule has 1 rings (SSSR count). The van der Waals surface area contributed by atoms with Crippen LogP contribution in [0.3, 0.4) is 0 Å². The third kappa shape index (κ3) is 4.18. The first-order chi connectivity index (χ1) is 7.74. The third-order valence-electron chi connectivity index (χ3n) is 1.99. The van der Waals surface area contributed by atoms with Gasteiger partial charge < -0.3 is 20.1 Å². The zero-order chi connectivity index (χ0) is 11.8. The summed E-state index contributed by atoms with van der Waals surface area (Å²) < 4.78 is 5.28. The summed E-state index contributed by atoms with van der Waals surface area (Å²) in [6, 6.07) is 8.95. The SMILES string of the molecule is CN(CCO)C(=O)NCOc1ccccc1. The number of likely N-dealkylation sites (N-methyl/N-ethyl adjacent to an activating group) is 1. The lowest BCUT2D eigenvalue weighted by Gasteiger charge is -2.16. The zero-order valence-corrected chi connectivity index (χ0v) is 9.22. The molecule has 88 valence electrons. The van der Waals surface area contributed by atoms with Gasteiger partial charge in [-0.3, -0.25) is 0 Å². The number of ether oxygens (including phenoxy) is 1. The lowest BCUT2D eigenvalue weighted by atomic mass is 10.3. The minimum absolute atomic E-state index is 0.0521. The molecular weight excluding hydrogens is 208 g/mol. The van der Waals surface area contributed by atoms with Gasteiger partial charge >= 0.3 is 6.03 Å². The summed E-state index contributed by atoms with van der Waals surface area (Å²) in [7, 11) is 1.61. The maximum Gasteiger partial charge on any atom is 0.319 e. The quantitative estimate of drug-likeness (QED) is 0.722. The van der Waals surface area contributed by atoms with Crippen LogP contribution in [0.4, 0.5) is 4.79 Å². The van der Waals surface area contributed by atoms with Crippen molar-refractivity contribution in [3.05, 3.63) is 30.3 Å². The van der Waals surface area contributed by atoms with E-state index in [0.717, 1.165) is 0 Å². The fourth-order valence-electron chi connectivity index (χ4n) is 1.08. The van der Waals surface area contributed by atoms with Gasteiger partial charge in [0.2, 0.25) is 0 Å². The Balaban J connectivity index is 2.23. The topological polar surface area (TPSA) is 61.8 Å². The van der Waals surface area contributed by atoms with Gasteiger partial charge in [-0.25, -0.2) is 4.79 Å². The summed E-state index contributed by atoms with van der Waals surface area (Å²) >= 11 is 0. The van der Waals surface area contributed by atoms with Gasteiger partial charge in [0, 0.05) is 13.6 Å². The molecule has 5 nitrogen and oxygen atoms in total. The second-order valence-corrected chi connectivity index (χ2v) is 3.23. The van der Waals surface area contributed by atoms with Crippen LogP contribution >= 0.6 is 0 Å². The molecule has 5 heteroatoms. The molecule has 0 aliphatic heterocycles. The monoisotopic (exact) mass is 224 g/mol. The number of para-hydroxylation sites is 1. The number of rotatable bonds is 5. The first kappa shape index (κ1) is 12.3. The van der Waals surface area contributed by atoms with E-state index < -0.39 is 0 Å². The predicted molar refractivity (Wildman–Crippen MR) is 60.2 cm³/mol. The number of aliphatic hydroxyl groups excluding tert-OH is 1. The van der Waals surface area contributed by atoms with Crippen LogP contribution in [-0.2, 0) is 0 Å². The van der Waals surface area contributed by atoms with Crippen LogP contribution in [0.25, 0.3) is 0 Å². The summed E-state index contributed by atoms with van der Waals surface area (Å²) in [5.41, 5.74) is 0. The van der Waals surface area contributed by atoms with E-state index in [4.69, 9.17) is 9.84 Å². The lowest BCUT2D eigenvalue weighted by molar-refractivity contribution is 0.179. The number of amides is 2. The van der Waals surface area contributed by atoms with Crippen molar-refractivity contribution in [1.29, 1.82) is 0 Å². The smallest absolute Gasteiger partial charge is 0.319 e. The number of urea groups is 1. The Labute approximate surface area is 94.6 Å². The summed E-state index contributed by atoms with van der Waals surface area (Å²) in [5.74, 6) is 0.701. The number of hydrogen-bond acceptors (Lipinski definition) is 3. The Kier molecular flexibility index (Phi) is 5.15. The molecule has 0 atom stereocenters. The number of carbonyl (C=O) groups is 1. The highest BCUT2D eigenvalue weighted by atomic mass is 16.5. The van der Waals surface area contributed by atoms with Gasteiger partial charge in [0.25, 0.3) is 0 Å². The second-order valence-electron chi connectivity index (χ2n) is 3.23. The van der Waals surface area contributed by atoms with Crippen LogP contribution in [0.2, 0.25) is 0 Å². The van der Waals surface area contributed by atoms with Crippen molar-refractivity contribution >= 4 is 6.03 Å². The number of hydrogen-bond donors (Lipinski definition) is 2. The van der Waals surface area contributed by atoms with E-state index >= 15 is 0 Å². The molecule has 0 saturated heterocycles. The van der Waals surface area contributed by atoms with Crippen LogP contribution in [-0.4, -0.2) is 43.0 Å². The van der Waals surface area contributed by atoms with Crippen LogP contribution in [0.5, 0.6) is 5.75 Å². The molecule has 0 aliphatic carbocycles. The van der Waals surface area contributed by atoms with E-state index in [0.29, 0.717) is 12.3 Å². The lowest BCUT2D eigenvalue weighted by Crippen LogP contribution is -2.40. The van der Waals surface area contributed by atoms with Crippen molar-refractivity contribution in [1.82, 2.24) is 10.2 Å². The first-order valence-electron chi connectivity index (χ1n) is 5.01. The molecule has 16 heavy (non-hydrogen) atoms. The van der Waals surface area contributed by atoms with Gasteiger partial charge in [0.15, 0.2) is 6.73 Å². The summed E-state index contributed by atoms with van der Waals surface area (Å²) in [4.78, 5) is 12.7. The van der Waals surface area contributed by atoms with Crippen molar-refractivity contribution < 1.29 is 14.6 Å². The van der Waals surface area contributed by atoms with E-state index in [1.165, 1.54) is 4.90 Å². The number of benzene rings is 1. The highest BCUT2D eigenvalue weighted by Crippen LogP contribution is 2.06. The van der Waals surface area contributed by atoms with Gasteiger partial charge in [0.1, 0.15) is 5.75 Å². The predicted octanol–water partition coefficient (Wildman–Crippen LogP) is 0.657. The average molecular weight is 224 g/mol. The average Bonchev–Trinajstić information content (AvgIpc) is 2.30. The third-order valence-corrected chi connectivity index (χ3v) is 1.99. The normalized spacial score (nSPS) is 9.62. The molecule has 0 radical (unpaired) electrons. The van der Waals surface area contributed by atoms with E-state index in [1.54, 1.807) is 7.05 Å². The number of nitrogens with one attached hydrogen (secondary N) is 1. The van der Waals surface area contributed by atoms with Crippen molar-refractivity contribution in [3.8, 4) is 5.75 Å². The van der Waals surface area contributed by atoms with Crippen LogP contribution in [0, 0.1) is 0 Å². The standard InChI is InChI=1S/C11H16N2O3/c1-13(7-8-14)11(15)12-9-16-10-5-3-2-4-6-10/h2-6,14H,7-9H2,1H3,(H,12,15). The minimum atomic E-state index is -0.273. The molecular formula is C11H16N2O3. The van der Waals surface area contributed by atoms with Gasteiger partial charge in [-0.05, 0) is 12.1 Å². The van der Waals surface area contributed by atoms with Crippen molar-refractivity contribution in [2.24, 2.45) is 0 Å². The highest BCUT2D eigenvalue weighted by Gasteiger charge is 2.05. The van der Waals surface area contributed by atoms with E-state index in [9.17, 15) is 4.79 Å². The zero-order valence-electron chi connectivity index (χ0n) is 9.22. The van der Waals surface area contributed by atoms with Gasteiger partial charge in [-0.2, -0.15) is 0 Å². The Morgan fingerprint density at radius 2 is 2.12 bits per heavy atom. The fraction of sp³-hybridized carbons (Fsp3) is 0.364. The molecule has 0 saturated carbocycles. The Morgan fingerprint density at radius 1 is 1.44 bits per heavy atom. The van der Waals surface area contributed by atoms with Gasteiger partial charge in [-0.1, -0.05) is 18.2 Å². The van der Waals surface area contributed by atoms with Gasteiger partial charge in [-0.15, -0.1) is 0 Å². The highest BCUT2D eigenvalue weighted by molar-refractivity contribution is 5.73. The second kappa shape index (κ2) is 6.68. The molecule has 1 aromatic carbocycles. The van der Waals surface area contributed by atoms with Crippen molar-refractivity contribution in [2.45, 2.75) is 0 Å². The molecule has 0 heterocycles. The minimum Gasteiger partial charge on any atom is -0.473 e. The van der Waals surface area contributed by atoms with Crippen molar-refractivity contribution in [3.63, 3.8) is 0 Å². The first-order valence-corrected chi connectivity index (χ1v) is 5.01. The molecule has 0 fully saturated rings. The number of nitrogens with zero attached hydrogens (tertiary/aromatic N) is 1. The van der Waals surface area contributed by atoms with Crippen LogP contribution in [0.15, 0.2) is 30.3 Å². The maximum atomic E-state index is 11.3. The molecule has 0 aliphatic rings. The molecule has 0 aromatic heterocycles. The fourth-order valence-corrected chi connectivity index (χ4v) is 1.08. The number of carbonyl (C=O) groups excluding carboxylic acids is 1. The molecule has 2 N–H and O–H groups in total. The molecule has 1 aromatic rings. The maximum absolute atomic E-state index is 11.3. The summed E-state index contributed by atoms with van der Waals surface area (Å²) in [6.45, 7) is 0.360. The molecule has 0 spiro atoms. The molecule has 0 unspecified atom stereocenters. The molecule has 0 bridgehead atoms. The summed E-state index contributed by atoms with van der Waals surface area (Å²) in [6.07, 6.45) is 0. The Bertz CT molecular complexity index is 316. The summed E-state index contributed by atoms with van der Waals surface area (Å²) in [5, 5.41) is 11.2.